The minimum atomic E-state index is 0.631. The Balaban J connectivity index is 2.39. The van der Waals surface area contributed by atoms with Gasteiger partial charge in [0.1, 0.15) is 5.82 Å². The molecule has 0 fully saturated rings. The van der Waals surface area contributed by atoms with Crippen LogP contribution in [0, 0.1) is 11.3 Å². The summed E-state index contributed by atoms with van der Waals surface area (Å²) in [4.78, 5) is 4.09. The highest BCUT2D eigenvalue weighted by atomic mass is 15.0. The highest BCUT2D eigenvalue weighted by Gasteiger charge is 1.94. The second-order valence-corrected chi connectivity index (χ2v) is 2.82. The van der Waals surface area contributed by atoms with E-state index in [1.165, 1.54) is 0 Å². The Morgan fingerprint density at radius 1 is 1.50 bits per heavy atom. The first-order chi connectivity index (χ1) is 6.86. The molecule has 1 heterocycles. The average Bonchev–Trinajstić information content (AvgIpc) is 2.25. The number of likely N-dealkylation sites (N-methyl/N-ethyl adjacent to an activating group) is 1. The van der Waals surface area contributed by atoms with E-state index >= 15 is 0 Å². The summed E-state index contributed by atoms with van der Waals surface area (Å²) >= 11 is 0. The highest BCUT2D eigenvalue weighted by molar-refractivity contribution is 5.42. The molecule has 0 aliphatic heterocycles. The number of rotatable bonds is 5. The Labute approximate surface area is 84.0 Å². The summed E-state index contributed by atoms with van der Waals surface area (Å²) in [7, 11) is 0. The van der Waals surface area contributed by atoms with Gasteiger partial charge in [0.25, 0.3) is 0 Å². The summed E-state index contributed by atoms with van der Waals surface area (Å²) in [6.45, 7) is 4.74. The Hall–Kier alpha value is -1.60. The van der Waals surface area contributed by atoms with Crippen LogP contribution in [-0.4, -0.2) is 24.6 Å². The summed E-state index contributed by atoms with van der Waals surface area (Å²) in [6.07, 6.45) is 1.63. The molecule has 14 heavy (non-hydrogen) atoms. The zero-order valence-electron chi connectivity index (χ0n) is 8.25. The fourth-order valence-corrected chi connectivity index (χ4v) is 1.05. The molecule has 1 aromatic rings. The Kier molecular flexibility index (Phi) is 4.45. The highest BCUT2D eigenvalue weighted by Crippen LogP contribution is 2.04. The van der Waals surface area contributed by atoms with E-state index in [9.17, 15) is 0 Å². The van der Waals surface area contributed by atoms with Crippen molar-refractivity contribution < 1.29 is 0 Å². The maximum atomic E-state index is 8.65. The molecule has 0 bridgehead atoms. The van der Waals surface area contributed by atoms with Crippen molar-refractivity contribution >= 4 is 5.82 Å². The van der Waals surface area contributed by atoms with Crippen LogP contribution >= 0.6 is 0 Å². The zero-order chi connectivity index (χ0) is 10.2. The molecule has 4 heteroatoms. The van der Waals surface area contributed by atoms with Crippen LogP contribution in [0.3, 0.4) is 0 Å². The topological polar surface area (TPSA) is 60.7 Å². The van der Waals surface area contributed by atoms with Gasteiger partial charge in [0.05, 0.1) is 11.6 Å². The standard InChI is InChI=1S/C10H14N4/c1-2-12-5-6-14-10-7-9(8-11)3-4-13-10/h3-4,7,12H,2,5-6H2,1H3,(H,13,14). The quantitative estimate of drug-likeness (QED) is 0.679. The van der Waals surface area contributed by atoms with Crippen LogP contribution < -0.4 is 10.6 Å². The number of nitriles is 1. The van der Waals surface area contributed by atoms with Gasteiger partial charge < -0.3 is 10.6 Å². The summed E-state index contributed by atoms with van der Waals surface area (Å²) in [6, 6.07) is 5.51. The number of aromatic nitrogens is 1. The summed E-state index contributed by atoms with van der Waals surface area (Å²) in [5.41, 5.74) is 0.631. The Morgan fingerprint density at radius 3 is 3.07 bits per heavy atom. The Morgan fingerprint density at radius 2 is 2.36 bits per heavy atom. The van der Waals surface area contributed by atoms with E-state index in [-0.39, 0.29) is 0 Å². The molecular formula is C10H14N4. The molecule has 0 radical (unpaired) electrons. The molecule has 0 saturated heterocycles. The second-order valence-electron chi connectivity index (χ2n) is 2.82. The number of hydrogen-bond acceptors (Lipinski definition) is 4. The minimum absolute atomic E-state index is 0.631. The number of nitrogens with zero attached hydrogens (tertiary/aromatic N) is 2. The number of nitrogens with one attached hydrogen (secondary N) is 2. The fraction of sp³-hybridized carbons (Fsp3) is 0.400. The van der Waals surface area contributed by atoms with Crippen molar-refractivity contribution in [3.63, 3.8) is 0 Å². The summed E-state index contributed by atoms with van der Waals surface area (Å²) in [5, 5.41) is 15.0. The molecule has 0 aliphatic carbocycles. The van der Waals surface area contributed by atoms with Gasteiger partial charge in [-0.2, -0.15) is 5.26 Å². The maximum Gasteiger partial charge on any atom is 0.127 e. The van der Waals surface area contributed by atoms with Gasteiger partial charge in [-0.15, -0.1) is 0 Å². The van der Waals surface area contributed by atoms with Crippen LogP contribution in [0.1, 0.15) is 12.5 Å². The molecule has 0 unspecified atom stereocenters. The lowest BCUT2D eigenvalue weighted by molar-refractivity contribution is 0.738. The zero-order valence-corrected chi connectivity index (χ0v) is 8.25. The third-order valence-corrected chi connectivity index (χ3v) is 1.75. The molecule has 0 aromatic carbocycles. The molecule has 0 amide bonds. The first-order valence-electron chi connectivity index (χ1n) is 4.67. The van der Waals surface area contributed by atoms with Gasteiger partial charge in [0.2, 0.25) is 0 Å². The van der Waals surface area contributed by atoms with Crippen molar-refractivity contribution in [3.8, 4) is 6.07 Å². The van der Waals surface area contributed by atoms with Crippen molar-refractivity contribution in [3.05, 3.63) is 23.9 Å². The van der Waals surface area contributed by atoms with Crippen LogP contribution in [0.15, 0.2) is 18.3 Å². The predicted octanol–water partition coefficient (Wildman–Crippen LogP) is 0.975. The molecule has 0 spiro atoms. The van der Waals surface area contributed by atoms with Crippen LogP contribution in [0.2, 0.25) is 0 Å². The number of anilines is 1. The van der Waals surface area contributed by atoms with Gasteiger partial charge in [-0.1, -0.05) is 6.92 Å². The lowest BCUT2D eigenvalue weighted by atomic mass is 10.3. The number of hydrogen-bond donors (Lipinski definition) is 2. The first-order valence-corrected chi connectivity index (χ1v) is 4.67. The first kappa shape index (κ1) is 10.5. The van der Waals surface area contributed by atoms with Crippen LogP contribution in [0.5, 0.6) is 0 Å². The van der Waals surface area contributed by atoms with E-state index in [2.05, 4.69) is 28.6 Å². The van der Waals surface area contributed by atoms with Gasteiger partial charge in [-0.3, -0.25) is 0 Å². The molecule has 74 valence electrons. The molecule has 1 rings (SSSR count). The van der Waals surface area contributed by atoms with Crippen molar-refractivity contribution in [2.24, 2.45) is 0 Å². The Bertz CT molecular complexity index is 316. The lowest BCUT2D eigenvalue weighted by Gasteiger charge is -2.05. The van der Waals surface area contributed by atoms with E-state index in [0.717, 1.165) is 25.5 Å². The third kappa shape index (κ3) is 3.42. The SMILES string of the molecule is CCNCCNc1cc(C#N)ccn1. The molecule has 0 aliphatic rings. The van der Waals surface area contributed by atoms with Gasteiger partial charge in [-0.05, 0) is 18.7 Å². The third-order valence-electron chi connectivity index (χ3n) is 1.75. The normalized spacial score (nSPS) is 9.43. The van der Waals surface area contributed by atoms with Gasteiger partial charge in [-0.25, -0.2) is 4.98 Å². The molecule has 2 N–H and O–H groups in total. The molecular weight excluding hydrogens is 176 g/mol. The molecule has 1 aromatic heterocycles. The van der Waals surface area contributed by atoms with E-state index in [0.29, 0.717) is 5.56 Å². The molecule has 4 nitrogen and oxygen atoms in total. The van der Waals surface area contributed by atoms with Crippen LogP contribution in [-0.2, 0) is 0 Å². The average molecular weight is 190 g/mol. The fourth-order valence-electron chi connectivity index (χ4n) is 1.05. The van der Waals surface area contributed by atoms with E-state index in [1.54, 1.807) is 18.3 Å². The van der Waals surface area contributed by atoms with E-state index in [4.69, 9.17) is 5.26 Å². The smallest absolute Gasteiger partial charge is 0.127 e. The van der Waals surface area contributed by atoms with Gasteiger partial charge >= 0.3 is 0 Å². The van der Waals surface area contributed by atoms with Gasteiger partial charge in [0.15, 0.2) is 0 Å². The van der Waals surface area contributed by atoms with Crippen molar-refractivity contribution in [1.82, 2.24) is 10.3 Å². The van der Waals surface area contributed by atoms with Crippen molar-refractivity contribution in [1.29, 1.82) is 5.26 Å². The van der Waals surface area contributed by atoms with Crippen molar-refractivity contribution in [2.45, 2.75) is 6.92 Å². The number of pyridine rings is 1. The molecule has 0 saturated carbocycles. The minimum Gasteiger partial charge on any atom is -0.369 e. The van der Waals surface area contributed by atoms with Crippen LogP contribution in [0.25, 0.3) is 0 Å². The van der Waals surface area contributed by atoms with E-state index in [1.807, 2.05) is 0 Å². The van der Waals surface area contributed by atoms with Crippen molar-refractivity contribution in [2.75, 3.05) is 25.0 Å². The van der Waals surface area contributed by atoms with Gasteiger partial charge in [0, 0.05) is 19.3 Å². The summed E-state index contributed by atoms with van der Waals surface area (Å²) < 4.78 is 0. The lowest BCUT2D eigenvalue weighted by Crippen LogP contribution is -2.21. The van der Waals surface area contributed by atoms with Crippen LogP contribution in [0.4, 0.5) is 5.82 Å². The largest absolute Gasteiger partial charge is 0.369 e. The van der Waals surface area contributed by atoms with E-state index < -0.39 is 0 Å². The second kappa shape index (κ2) is 5.95. The monoisotopic (exact) mass is 190 g/mol. The predicted molar refractivity (Wildman–Crippen MR) is 56.0 cm³/mol. The molecule has 0 atom stereocenters. The maximum absolute atomic E-state index is 8.65. The summed E-state index contributed by atoms with van der Waals surface area (Å²) in [5.74, 6) is 0.752.